The number of nitro groups is 1. The minimum Gasteiger partial charge on any atom is -0.469 e. The zero-order valence-corrected chi connectivity index (χ0v) is 12.5. The van der Waals surface area contributed by atoms with E-state index < -0.39 is 4.92 Å². The van der Waals surface area contributed by atoms with Crippen molar-refractivity contribution in [3.8, 4) is 5.88 Å². The number of anilines is 1. The fourth-order valence-electron chi connectivity index (χ4n) is 2.54. The summed E-state index contributed by atoms with van der Waals surface area (Å²) < 4.78 is 11.5. The molecular weight excluding hydrogens is 274 g/mol. The number of hydrogen-bond donors (Lipinski definition) is 1. The van der Waals surface area contributed by atoms with Crippen LogP contribution in [0.25, 0.3) is 0 Å². The van der Waals surface area contributed by atoms with Crippen molar-refractivity contribution >= 4 is 11.5 Å². The molecule has 21 heavy (non-hydrogen) atoms. The van der Waals surface area contributed by atoms with Gasteiger partial charge in [0.25, 0.3) is 5.88 Å². The molecule has 1 aliphatic rings. The quantitative estimate of drug-likeness (QED) is 0.664. The van der Waals surface area contributed by atoms with Crippen LogP contribution < -0.4 is 10.1 Å². The van der Waals surface area contributed by atoms with Crippen molar-refractivity contribution in [1.82, 2.24) is 4.98 Å². The van der Waals surface area contributed by atoms with E-state index >= 15 is 0 Å². The Morgan fingerprint density at radius 2 is 2.10 bits per heavy atom. The summed E-state index contributed by atoms with van der Waals surface area (Å²) in [5.74, 6) is 0.649. The largest absolute Gasteiger partial charge is 0.469 e. The number of ether oxygens (including phenoxy) is 2. The summed E-state index contributed by atoms with van der Waals surface area (Å²) in [7, 11) is 0. The average molecular weight is 295 g/mol. The Hall–Kier alpha value is -1.89. The first-order valence-corrected chi connectivity index (χ1v) is 7.21. The van der Waals surface area contributed by atoms with Crippen molar-refractivity contribution in [3.63, 3.8) is 0 Å². The highest BCUT2D eigenvalue weighted by Crippen LogP contribution is 2.30. The molecule has 1 N–H and O–H groups in total. The van der Waals surface area contributed by atoms with E-state index in [1.165, 1.54) is 6.07 Å². The Kier molecular flexibility index (Phi) is 4.95. The number of hydrogen-bond acceptors (Lipinski definition) is 6. The van der Waals surface area contributed by atoms with E-state index in [1.54, 1.807) is 6.07 Å². The number of nitrogens with one attached hydrogen (secondary N) is 1. The molecule has 0 amide bonds. The molecule has 0 bridgehead atoms. The van der Waals surface area contributed by atoms with E-state index in [0.29, 0.717) is 25.2 Å². The number of aromatic nitrogens is 1. The molecule has 1 saturated heterocycles. The molecule has 1 aromatic rings. The maximum atomic E-state index is 11.1. The van der Waals surface area contributed by atoms with Gasteiger partial charge in [-0.05, 0) is 26.8 Å². The van der Waals surface area contributed by atoms with Crippen LogP contribution in [-0.2, 0) is 4.74 Å². The Balaban J connectivity index is 2.19. The van der Waals surface area contributed by atoms with Gasteiger partial charge in [-0.3, -0.25) is 10.1 Å². The molecule has 1 aliphatic heterocycles. The predicted molar refractivity (Wildman–Crippen MR) is 78.7 cm³/mol. The van der Waals surface area contributed by atoms with Crippen LogP contribution in [0, 0.1) is 10.1 Å². The SMILES string of the molecule is CCNc1ccc([N+](=O)[O-])c(OC2CC(C)OC(C)C2)n1. The summed E-state index contributed by atoms with van der Waals surface area (Å²) in [6.07, 6.45) is 1.44. The van der Waals surface area contributed by atoms with E-state index in [-0.39, 0.29) is 29.9 Å². The second-order valence-electron chi connectivity index (χ2n) is 5.28. The van der Waals surface area contributed by atoms with Crippen molar-refractivity contribution in [2.45, 2.75) is 51.9 Å². The lowest BCUT2D eigenvalue weighted by Crippen LogP contribution is -2.36. The lowest BCUT2D eigenvalue weighted by Gasteiger charge is -2.31. The fraction of sp³-hybridized carbons (Fsp3) is 0.643. The van der Waals surface area contributed by atoms with Crippen LogP contribution in [0.1, 0.15) is 33.6 Å². The van der Waals surface area contributed by atoms with E-state index in [2.05, 4.69) is 10.3 Å². The maximum absolute atomic E-state index is 11.1. The first-order chi connectivity index (χ1) is 9.99. The number of nitrogens with zero attached hydrogens (tertiary/aromatic N) is 2. The first-order valence-electron chi connectivity index (χ1n) is 7.21. The monoisotopic (exact) mass is 295 g/mol. The molecule has 0 spiro atoms. The molecule has 7 nitrogen and oxygen atoms in total. The van der Waals surface area contributed by atoms with Gasteiger partial charge in [-0.15, -0.1) is 0 Å². The molecule has 2 atom stereocenters. The molecule has 116 valence electrons. The van der Waals surface area contributed by atoms with Crippen LogP contribution in [0.5, 0.6) is 5.88 Å². The molecule has 2 unspecified atom stereocenters. The molecule has 2 rings (SSSR count). The van der Waals surface area contributed by atoms with E-state index in [1.807, 2.05) is 20.8 Å². The average Bonchev–Trinajstić information content (AvgIpc) is 2.37. The lowest BCUT2D eigenvalue weighted by atomic mass is 10.0. The molecule has 7 heteroatoms. The van der Waals surface area contributed by atoms with Crippen molar-refractivity contribution in [3.05, 3.63) is 22.2 Å². The van der Waals surface area contributed by atoms with Crippen LogP contribution in [0.4, 0.5) is 11.5 Å². The zero-order valence-electron chi connectivity index (χ0n) is 12.5. The summed E-state index contributed by atoms with van der Waals surface area (Å²) in [6.45, 7) is 6.58. The van der Waals surface area contributed by atoms with Gasteiger partial charge in [0.1, 0.15) is 11.9 Å². The van der Waals surface area contributed by atoms with Crippen molar-refractivity contribution < 1.29 is 14.4 Å². The standard InChI is InChI=1S/C14H21N3O4/c1-4-15-13-6-5-12(17(18)19)14(16-13)21-11-7-9(2)20-10(3)8-11/h5-6,9-11H,4,7-8H2,1-3H3,(H,15,16). The van der Waals surface area contributed by atoms with Gasteiger partial charge in [0.15, 0.2) is 0 Å². The highest BCUT2D eigenvalue weighted by atomic mass is 16.6. The van der Waals surface area contributed by atoms with Crippen LogP contribution in [-0.4, -0.2) is 34.8 Å². The van der Waals surface area contributed by atoms with Gasteiger partial charge in [0.05, 0.1) is 17.1 Å². The lowest BCUT2D eigenvalue weighted by molar-refractivity contribution is -0.386. The third-order valence-corrected chi connectivity index (χ3v) is 3.33. The third-order valence-electron chi connectivity index (χ3n) is 3.33. The first kappa shape index (κ1) is 15.5. The molecule has 0 aliphatic carbocycles. The molecule has 1 fully saturated rings. The van der Waals surface area contributed by atoms with Gasteiger partial charge >= 0.3 is 5.69 Å². The zero-order chi connectivity index (χ0) is 15.4. The molecule has 1 aromatic heterocycles. The van der Waals surface area contributed by atoms with Gasteiger partial charge in [-0.1, -0.05) is 0 Å². The van der Waals surface area contributed by atoms with Crippen molar-refractivity contribution in [1.29, 1.82) is 0 Å². The van der Waals surface area contributed by atoms with E-state index in [9.17, 15) is 10.1 Å². The molecule has 0 saturated carbocycles. The van der Waals surface area contributed by atoms with E-state index in [4.69, 9.17) is 9.47 Å². The Morgan fingerprint density at radius 3 is 2.67 bits per heavy atom. The number of rotatable bonds is 5. The molecule has 0 radical (unpaired) electrons. The smallest absolute Gasteiger partial charge is 0.331 e. The normalized spacial score (nSPS) is 25.4. The maximum Gasteiger partial charge on any atom is 0.331 e. The topological polar surface area (TPSA) is 86.5 Å². The summed E-state index contributed by atoms with van der Waals surface area (Å²) in [6, 6.07) is 3.01. The summed E-state index contributed by atoms with van der Waals surface area (Å²) >= 11 is 0. The molecular formula is C14H21N3O4. The van der Waals surface area contributed by atoms with Crippen LogP contribution in [0.2, 0.25) is 0 Å². The Morgan fingerprint density at radius 1 is 1.43 bits per heavy atom. The minimum absolute atomic E-state index is 0.0738. The Labute approximate surface area is 123 Å². The highest BCUT2D eigenvalue weighted by molar-refractivity contribution is 5.49. The van der Waals surface area contributed by atoms with Crippen LogP contribution >= 0.6 is 0 Å². The van der Waals surface area contributed by atoms with Crippen LogP contribution in [0.3, 0.4) is 0 Å². The van der Waals surface area contributed by atoms with Crippen molar-refractivity contribution in [2.75, 3.05) is 11.9 Å². The molecule has 2 heterocycles. The van der Waals surface area contributed by atoms with Gasteiger partial charge in [0, 0.05) is 25.5 Å². The minimum atomic E-state index is -0.468. The summed E-state index contributed by atoms with van der Waals surface area (Å²) in [5.41, 5.74) is -0.108. The van der Waals surface area contributed by atoms with Gasteiger partial charge in [-0.2, -0.15) is 4.98 Å². The predicted octanol–water partition coefficient (Wildman–Crippen LogP) is 2.76. The van der Waals surface area contributed by atoms with Gasteiger partial charge < -0.3 is 14.8 Å². The fourth-order valence-corrected chi connectivity index (χ4v) is 2.54. The van der Waals surface area contributed by atoms with E-state index in [0.717, 1.165) is 0 Å². The second kappa shape index (κ2) is 6.71. The summed E-state index contributed by atoms with van der Waals surface area (Å²) in [4.78, 5) is 14.8. The highest BCUT2D eigenvalue weighted by Gasteiger charge is 2.28. The van der Waals surface area contributed by atoms with Crippen LogP contribution in [0.15, 0.2) is 12.1 Å². The number of pyridine rings is 1. The Bertz CT molecular complexity index is 499. The van der Waals surface area contributed by atoms with Gasteiger partial charge in [0.2, 0.25) is 0 Å². The second-order valence-corrected chi connectivity index (χ2v) is 5.28. The van der Waals surface area contributed by atoms with Gasteiger partial charge in [-0.25, -0.2) is 0 Å². The third kappa shape index (κ3) is 4.04. The molecule has 0 aromatic carbocycles. The van der Waals surface area contributed by atoms with Crippen molar-refractivity contribution in [2.24, 2.45) is 0 Å². The summed E-state index contributed by atoms with van der Waals surface area (Å²) in [5, 5.41) is 14.1.